The number of rotatable bonds is 8. The van der Waals surface area contributed by atoms with Crippen molar-refractivity contribution < 1.29 is 14.2 Å². The topological polar surface area (TPSA) is 68.7 Å². The average molecular weight is 346 g/mol. The van der Waals surface area contributed by atoms with Gasteiger partial charge in [0.2, 0.25) is 11.7 Å². The number of anilines is 3. The fourth-order valence-corrected chi connectivity index (χ4v) is 2.57. The van der Waals surface area contributed by atoms with Gasteiger partial charge < -0.3 is 24.4 Å². The summed E-state index contributed by atoms with van der Waals surface area (Å²) in [4.78, 5) is 11.2. The molecule has 0 saturated heterocycles. The largest absolute Gasteiger partial charge is 0.493 e. The summed E-state index contributed by atoms with van der Waals surface area (Å²) in [6.45, 7) is 7.82. The molecule has 2 aromatic rings. The number of hydrogen-bond donors (Lipinski definition) is 1. The number of nitrogens with one attached hydrogen (secondary N) is 1. The van der Waals surface area contributed by atoms with E-state index in [1.54, 1.807) is 21.3 Å². The number of benzene rings is 1. The minimum absolute atomic E-state index is 0.554. The Kier molecular flexibility index (Phi) is 6.27. The van der Waals surface area contributed by atoms with Crippen LogP contribution in [0.15, 0.2) is 18.2 Å². The van der Waals surface area contributed by atoms with Gasteiger partial charge in [0.1, 0.15) is 5.82 Å². The van der Waals surface area contributed by atoms with Crippen LogP contribution >= 0.6 is 0 Å². The van der Waals surface area contributed by atoms with Gasteiger partial charge in [-0.05, 0) is 20.8 Å². The van der Waals surface area contributed by atoms with Gasteiger partial charge in [0.25, 0.3) is 0 Å². The summed E-state index contributed by atoms with van der Waals surface area (Å²) in [5, 5.41) is 3.30. The standard InChI is InChI=1S/C18H26N4O3/c1-7-22(8-2)18-19-12(3)9-16(21-18)20-13-10-14(23-4)17(25-6)15(11-13)24-5/h9-11H,7-8H2,1-6H3,(H,19,20,21). The number of hydrogen-bond acceptors (Lipinski definition) is 7. The highest BCUT2D eigenvalue weighted by molar-refractivity contribution is 5.67. The zero-order valence-electron chi connectivity index (χ0n) is 15.7. The summed E-state index contributed by atoms with van der Waals surface area (Å²) in [5.74, 6) is 3.14. The molecule has 0 aliphatic heterocycles. The minimum Gasteiger partial charge on any atom is -0.493 e. The van der Waals surface area contributed by atoms with Crippen LogP contribution in [0.4, 0.5) is 17.5 Å². The smallest absolute Gasteiger partial charge is 0.227 e. The van der Waals surface area contributed by atoms with Crippen molar-refractivity contribution in [1.82, 2.24) is 9.97 Å². The molecule has 0 aliphatic rings. The van der Waals surface area contributed by atoms with Gasteiger partial charge in [0.05, 0.1) is 21.3 Å². The average Bonchev–Trinajstić information content (AvgIpc) is 2.61. The highest BCUT2D eigenvalue weighted by Gasteiger charge is 2.14. The van der Waals surface area contributed by atoms with Crippen molar-refractivity contribution in [3.05, 3.63) is 23.9 Å². The van der Waals surface area contributed by atoms with Crippen LogP contribution in [-0.4, -0.2) is 44.4 Å². The molecule has 0 unspecified atom stereocenters. The Morgan fingerprint density at radius 3 is 2.00 bits per heavy atom. The van der Waals surface area contributed by atoms with E-state index in [9.17, 15) is 0 Å². The molecule has 1 aromatic carbocycles. The maximum absolute atomic E-state index is 5.39. The second kappa shape index (κ2) is 8.41. The molecule has 1 aromatic heterocycles. The van der Waals surface area contributed by atoms with E-state index >= 15 is 0 Å². The molecule has 2 rings (SSSR count). The minimum atomic E-state index is 0.554. The first kappa shape index (κ1) is 18.6. The molecule has 1 heterocycles. The van der Waals surface area contributed by atoms with Gasteiger partial charge in [-0.1, -0.05) is 0 Å². The monoisotopic (exact) mass is 346 g/mol. The second-order valence-corrected chi connectivity index (χ2v) is 5.41. The Morgan fingerprint density at radius 1 is 0.920 bits per heavy atom. The first-order valence-electron chi connectivity index (χ1n) is 8.23. The van der Waals surface area contributed by atoms with Crippen LogP contribution in [0.25, 0.3) is 0 Å². The molecule has 0 amide bonds. The lowest BCUT2D eigenvalue weighted by Gasteiger charge is -2.20. The van der Waals surface area contributed by atoms with Crippen molar-refractivity contribution in [2.24, 2.45) is 0 Å². The Labute approximate surface area is 148 Å². The third kappa shape index (κ3) is 4.23. The van der Waals surface area contributed by atoms with Gasteiger partial charge in [-0.25, -0.2) is 4.98 Å². The first-order chi connectivity index (χ1) is 12.1. The molecule has 0 spiro atoms. The van der Waals surface area contributed by atoms with Crippen molar-refractivity contribution in [3.63, 3.8) is 0 Å². The van der Waals surface area contributed by atoms with Crippen molar-refractivity contribution in [2.45, 2.75) is 20.8 Å². The summed E-state index contributed by atoms with van der Waals surface area (Å²) >= 11 is 0. The molecule has 0 atom stereocenters. The lowest BCUT2D eigenvalue weighted by Crippen LogP contribution is -2.24. The van der Waals surface area contributed by atoms with E-state index in [-0.39, 0.29) is 0 Å². The molecule has 7 nitrogen and oxygen atoms in total. The Bertz CT molecular complexity index is 692. The van der Waals surface area contributed by atoms with Crippen LogP contribution in [0.1, 0.15) is 19.5 Å². The van der Waals surface area contributed by atoms with E-state index in [1.165, 1.54) is 0 Å². The fourth-order valence-electron chi connectivity index (χ4n) is 2.57. The van der Waals surface area contributed by atoms with Crippen LogP contribution < -0.4 is 24.4 Å². The van der Waals surface area contributed by atoms with E-state index in [4.69, 9.17) is 14.2 Å². The van der Waals surface area contributed by atoms with Crippen LogP contribution in [0.2, 0.25) is 0 Å². The molecule has 0 aliphatic carbocycles. The zero-order valence-corrected chi connectivity index (χ0v) is 15.7. The summed E-state index contributed by atoms with van der Waals surface area (Å²) in [6, 6.07) is 5.59. The number of ether oxygens (including phenoxy) is 3. The van der Waals surface area contributed by atoms with E-state index in [0.29, 0.717) is 29.0 Å². The maximum Gasteiger partial charge on any atom is 0.227 e. The van der Waals surface area contributed by atoms with Gasteiger partial charge in [-0.3, -0.25) is 0 Å². The normalized spacial score (nSPS) is 10.3. The van der Waals surface area contributed by atoms with E-state index < -0.39 is 0 Å². The molecular formula is C18H26N4O3. The lowest BCUT2D eigenvalue weighted by atomic mass is 10.2. The zero-order chi connectivity index (χ0) is 18.4. The molecule has 1 N–H and O–H groups in total. The van der Waals surface area contributed by atoms with Gasteiger partial charge in [-0.2, -0.15) is 4.98 Å². The molecule has 0 saturated carbocycles. The quantitative estimate of drug-likeness (QED) is 0.785. The molecule has 0 bridgehead atoms. The van der Waals surface area contributed by atoms with Crippen molar-refractivity contribution >= 4 is 17.5 Å². The Balaban J connectivity index is 2.39. The molecule has 0 radical (unpaired) electrons. The fraction of sp³-hybridized carbons (Fsp3) is 0.444. The van der Waals surface area contributed by atoms with Gasteiger partial charge >= 0.3 is 0 Å². The van der Waals surface area contributed by atoms with Gasteiger partial charge in [0, 0.05) is 42.7 Å². The van der Waals surface area contributed by atoms with E-state index in [0.717, 1.165) is 24.5 Å². The molecule has 7 heteroatoms. The molecule has 25 heavy (non-hydrogen) atoms. The predicted octanol–water partition coefficient (Wildman–Crippen LogP) is 3.40. The number of nitrogens with zero attached hydrogens (tertiary/aromatic N) is 3. The predicted molar refractivity (Wildman–Crippen MR) is 99.7 cm³/mol. The summed E-state index contributed by atoms with van der Waals surface area (Å²) in [7, 11) is 4.76. The lowest BCUT2D eigenvalue weighted by molar-refractivity contribution is 0.324. The Morgan fingerprint density at radius 2 is 1.52 bits per heavy atom. The molecule has 0 fully saturated rings. The van der Waals surface area contributed by atoms with Crippen LogP contribution in [-0.2, 0) is 0 Å². The third-order valence-electron chi connectivity index (χ3n) is 3.83. The van der Waals surface area contributed by atoms with E-state index in [1.807, 2.05) is 25.1 Å². The van der Waals surface area contributed by atoms with E-state index in [2.05, 4.69) is 34.0 Å². The highest BCUT2D eigenvalue weighted by Crippen LogP contribution is 2.40. The number of aryl methyl sites for hydroxylation is 1. The Hall–Kier alpha value is -2.70. The van der Waals surface area contributed by atoms with Crippen molar-refractivity contribution in [3.8, 4) is 17.2 Å². The van der Waals surface area contributed by atoms with Gasteiger partial charge in [0.15, 0.2) is 11.5 Å². The number of aromatic nitrogens is 2. The van der Waals surface area contributed by atoms with Crippen molar-refractivity contribution in [2.75, 3.05) is 44.6 Å². The van der Waals surface area contributed by atoms with Crippen LogP contribution in [0.5, 0.6) is 17.2 Å². The summed E-state index contributed by atoms with van der Waals surface area (Å²) < 4.78 is 16.1. The summed E-state index contributed by atoms with van der Waals surface area (Å²) in [5.41, 5.74) is 1.69. The third-order valence-corrected chi connectivity index (χ3v) is 3.83. The van der Waals surface area contributed by atoms with Crippen molar-refractivity contribution in [1.29, 1.82) is 0 Å². The first-order valence-corrected chi connectivity index (χ1v) is 8.23. The van der Waals surface area contributed by atoms with Gasteiger partial charge in [-0.15, -0.1) is 0 Å². The molecule has 136 valence electrons. The highest BCUT2D eigenvalue weighted by atomic mass is 16.5. The summed E-state index contributed by atoms with van der Waals surface area (Å²) in [6.07, 6.45) is 0. The molecular weight excluding hydrogens is 320 g/mol. The SMILES string of the molecule is CCN(CC)c1nc(C)cc(Nc2cc(OC)c(OC)c(OC)c2)n1. The van der Waals surface area contributed by atoms with Crippen LogP contribution in [0.3, 0.4) is 0 Å². The second-order valence-electron chi connectivity index (χ2n) is 5.41. The number of methoxy groups -OCH3 is 3. The van der Waals surface area contributed by atoms with Crippen LogP contribution in [0, 0.1) is 6.92 Å². The maximum atomic E-state index is 5.39.